The topological polar surface area (TPSA) is 653 Å². The number of amides is 8. The summed E-state index contributed by atoms with van der Waals surface area (Å²) in [6, 6.07) is -0.189. The molecule has 0 saturated carbocycles. The van der Waals surface area contributed by atoms with Gasteiger partial charge in [-0.2, -0.15) is 0 Å². The third-order valence-corrected chi connectivity index (χ3v) is 23.0. The molecule has 0 aliphatic carbocycles. The average Bonchev–Trinajstić information content (AvgIpc) is 0.762. The Balaban J connectivity index is 0.979. The minimum atomic E-state index is -4.98. The highest BCUT2D eigenvalue weighted by molar-refractivity contribution is 6.32. The second-order valence-corrected chi connectivity index (χ2v) is 33.6. The number of allylic oxidation sites excluding steroid dienone is 3. The molecule has 8 aliphatic heterocycles. The van der Waals surface area contributed by atoms with Gasteiger partial charge in [0, 0.05) is 66.4 Å². The van der Waals surface area contributed by atoms with E-state index in [0.29, 0.717) is 5.56 Å². The lowest BCUT2D eigenvalue weighted by Gasteiger charge is -2.46. The number of benzene rings is 5. The molecule has 0 radical (unpaired) electrons. The number of halogens is 5. The van der Waals surface area contributed by atoms with Gasteiger partial charge >= 0.3 is 12.3 Å². The van der Waals surface area contributed by atoms with Crippen LogP contribution in [0.2, 0.25) is 10.0 Å². The summed E-state index contributed by atoms with van der Waals surface area (Å²) in [4.78, 5) is 137. The van der Waals surface area contributed by atoms with Gasteiger partial charge in [-0.25, -0.2) is 4.79 Å². The number of aromatic hydroxyl groups is 3. The van der Waals surface area contributed by atoms with E-state index < -0.39 is 309 Å². The maximum absolute atomic E-state index is 16.5. The molecule has 6 aromatic rings. The lowest BCUT2D eigenvalue weighted by Crippen LogP contribution is -2.65. The number of aromatic nitrogens is 1. The number of phenols is 3. The van der Waals surface area contributed by atoms with Crippen LogP contribution in [0.1, 0.15) is 121 Å². The van der Waals surface area contributed by atoms with E-state index in [1.807, 2.05) is 0 Å². The van der Waals surface area contributed by atoms with Gasteiger partial charge in [0.1, 0.15) is 126 Å². The standard InChI is InChI=1S/C86H97Cl2F3N12O30/c1-33(2)17-47(94-6)76(117)102-63-65(109)38-11-14-51(45(87)20-38)126-53-22-40-23-54(72(53)131-84-70(114)68(112)73(56(32-104)129-84)132-83-69(113)67(111)66(110)55(128-83)31-96-29-36-18-41(30-95-28-36)75(116)97-16-8-7-9-34(3)133-86(89,90)91)127-52-15-12-39(21-46(52)88)71(130-58-27-85(5,93)74(115)35(4)125-58)64-81(122)101-62(82(123)124)44-24-42(105)25-50(107)59(44)43-19-37(10-13-49(43)106)60(78(119)103-64)100-79(120)61(40)99-77(118)48(26-57(92)108)98-80(63)121/h7-16,18-25,28,30,33,35,47-48,55-56,58,60-71,73-74,83-84,94,96,104-107,109-115H,3,17,26-27,29,31-32,93H2,1-2,4-6H3,(H2,92,108)(H,97,116)(H,98,121)(H,99,118)(H,100,120)(H,101,122)(H,102,117)(H,103,119)(H,123,124)/b9-7-,16-8+/t35-,47+,48-,55+,56+,58-,60-,61+,62+,63?,64-,65+,66-,67-,68+,69+,70+,71+,73+,74-,83-,84-,85-/m0/s1. The van der Waals surface area contributed by atoms with Crippen molar-refractivity contribution < 1.29 is 160 Å². The quantitative estimate of drug-likeness (QED) is 0.0296. The number of hydrogen-bond donors (Lipinski definition) is 23. The van der Waals surface area contributed by atoms with Crippen molar-refractivity contribution in [2.45, 2.75) is 200 Å². The van der Waals surface area contributed by atoms with Gasteiger partial charge in [0.05, 0.1) is 46.9 Å². The molecule has 3 saturated heterocycles. The molecule has 0 spiro atoms. The van der Waals surface area contributed by atoms with Gasteiger partial charge in [-0.3, -0.25) is 43.3 Å². The molecule has 8 amide bonds. The van der Waals surface area contributed by atoms with E-state index in [1.165, 1.54) is 51.5 Å². The molecule has 25 N–H and O–H groups in total. The van der Waals surface area contributed by atoms with E-state index in [0.717, 1.165) is 91.1 Å². The van der Waals surface area contributed by atoms with Gasteiger partial charge in [-0.05, 0) is 134 Å². The minimum absolute atomic E-state index is 0.00525. The molecule has 23 atom stereocenters. The Morgan fingerprint density at radius 2 is 1.35 bits per heavy atom. The fourth-order valence-corrected chi connectivity index (χ4v) is 16.1. The summed E-state index contributed by atoms with van der Waals surface area (Å²) in [6.07, 6.45) is -28.5. The summed E-state index contributed by atoms with van der Waals surface area (Å²) in [7, 11) is 1.44. The van der Waals surface area contributed by atoms with Gasteiger partial charge in [-0.15, -0.1) is 13.2 Å². The number of primary amides is 1. The number of nitrogens with zero attached hydrogens (tertiary/aromatic N) is 1. The third kappa shape index (κ3) is 23.5. The zero-order chi connectivity index (χ0) is 96.8. The molecule has 47 heteroatoms. The van der Waals surface area contributed by atoms with E-state index in [1.54, 1.807) is 13.8 Å². The van der Waals surface area contributed by atoms with Crippen molar-refractivity contribution in [3.63, 3.8) is 0 Å². The van der Waals surface area contributed by atoms with Crippen molar-refractivity contribution in [1.82, 2.24) is 52.8 Å². The Kier molecular flexibility index (Phi) is 31.6. The number of nitrogens with one attached hydrogen (secondary N) is 9. The minimum Gasteiger partial charge on any atom is -0.508 e. The molecule has 11 bridgehead atoms. The molecule has 9 heterocycles. The summed E-state index contributed by atoms with van der Waals surface area (Å²) in [5.41, 5.74) is 8.12. The van der Waals surface area contributed by atoms with E-state index in [9.17, 15) is 93.6 Å². The SMILES string of the molecule is C=C(/C=C\C=C\NC(=O)c1cncc(CNC[C@H]2O[C@@H](O[C@H]3[C@H](O)[C@@H](O)[C@H](Oc4c5cc6cc4Oc4ccc(cc4Cl)[C@@H](O[C@H]4C[C@](C)(N)[C@@H](O)[C@H](C)O4)[C@@H]4NC(=O)[C@@H](NC(=O)[C@@H]6NC(=O)[C@H](CC(N)=O)NC(=O)C(NC(=O)[C@@H](CC(C)C)NC)[C@H](O)c6ccc(c(Cl)c6)O5)c5ccc(O)c(c5)-c5c(O)cc(O)cc5[C@H](C(=O)O)NC4=O)O[C@@H]3CO)[C@H](O)[C@@H](O)[C@H]2O)c1)OC(F)(F)F. The lowest BCUT2D eigenvalue weighted by molar-refractivity contribution is -0.350. The van der Waals surface area contributed by atoms with Crippen molar-refractivity contribution in [1.29, 1.82) is 0 Å². The molecule has 1 unspecified atom stereocenters. The Labute approximate surface area is 763 Å². The number of carbonyl (C=O) groups is 9. The monoisotopic (exact) mass is 1900 g/mol. The number of pyridine rings is 1. The zero-order valence-electron chi connectivity index (χ0n) is 71.0. The molecule has 133 heavy (non-hydrogen) atoms. The van der Waals surface area contributed by atoms with Crippen molar-refractivity contribution in [2.75, 3.05) is 20.2 Å². The number of aliphatic hydroxyl groups excluding tert-OH is 8. The Bertz CT molecular complexity index is 5470. The van der Waals surface area contributed by atoms with Crippen molar-refractivity contribution >= 4 is 76.4 Å². The lowest BCUT2D eigenvalue weighted by atomic mass is 9.86. The summed E-state index contributed by atoms with van der Waals surface area (Å²) in [5, 5.41) is 161. The van der Waals surface area contributed by atoms with E-state index in [-0.39, 0.29) is 42.1 Å². The summed E-state index contributed by atoms with van der Waals surface area (Å²) in [5.74, 6) is -18.6. The smallest absolute Gasteiger partial charge is 0.508 e. The number of ether oxygens (including phenoxy) is 9. The highest BCUT2D eigenvalue weighted by Crippen LogP contribution is 2.51. The van der Waals surface area contributed by atoms with Crippen LogP contribution in [0.4, 0.5) is 13.2 Å². The summed E-state index contributed by atoms with van der Waals surface area (Å²) in [6.45, 7) is 7.91. The van der Waals surface area contributed by atoms with Crippen LogP contribution in [-0.4, -0.2) is 256 Å². The second kappa shape index (κ2) is 42.1. The summed E-state index contributed by atoms with van der Waals surface area (Å²) >= 11 is 14.5. The first-order chi connectivity index (χ1) is 62.8. The Hall–Kier alpha value is -12.0. The predicted molar refractivity (Wildman–Crippen MR) is 453 cm³/mol. The molecule has 42 nitrogen and oxygen atoms in total. The zero-order valence-corrected chi connectivity index (χ0v) is 72.5. The Morgan fingerprint density at radius 1 is 0.714 bits per heavy atom. The van der Waals surface area contributed by atoms with Crippen molar-refractivity contribution in [2.24, 2.45) is 17.4 Å². The maximum atomic E-state index is 16.5. The maximum Gasteiger partial charge on any atom is 0.573 e. The first-order valence-electron chi connectivity index (χ1n) is 41.2. The highest BCUT2D eigenvalue weighted by Gasteiger charge is 2.53. The number of phenolic OH excluding ortho intramolecular Hbond substituents is 3. The van der Waals surface area contributed by atoms with Crippen LogP contribution in [-0.2, 0) is 73.3 Å². The number of carboxylic acid groups (broad SMARTS) is 1. The largest absolute Gasteiger partial charge is 0.573 e. The predicted octanol–water partition coefficient (Wildman–Crippen LogP) is 0.973. The van der Waals surface area contributed by atoms with Crippen LogP contribution < -0.4 is 73.5 Å². The summed E-state index contributed by atoms with van der Waals surface area (Å²) < 4.78 is 92.2. The van der Waals surface area contributed by atoms with E-state index in [2.05, 4.69) is 64.2 Å². The number of rotatable bonds is 24. The number of carboxylic acids is 1. The van der Waals surface area contributed by atoms with Gasteiger partial charge in [0.2, 0.25) is 53.4 Å². The third-order valence-electron chi connectivity index (χ3n) is 22.4. The molecule has 1 aromatic heterocycles. The number of fused-ring (bicyclic) bond motifs is 15. The number of carbonyl (C=O) groups excluding carboxylic acids is 8. The number of hydrogen-bond acceptors (Lipinski definition) is 33. The average molecular weight is 1910 g/mol. The van der Waals surface area contributed by atoms with Crippen LogP contribution in [0.25, 0.3) is 11.1 Å². The van der Waals surface area contributed by atoms with Crippen LogP contribution in [0, 0.1) is 5.92 Å². The Morgan fingerprint density at radius 3 is 1.99 bits per heavy atom. The van der Waals surface area contributed by atoms with Crippen molar-refractivity contribution in [3.8, 4) is 57.1 Å². The van der Waals surface area contributed by atoms with Gasteiger partial charge < -0.3 is 163 Å². The van der Waals surface area contributed by atoms with Gasteiger partial charge in [0.25, 0.3) is 5.91 Å². The van der Waals surface area contributed by atoms with Crippen molar-refractivity contribution in [3.05, 3.63) is 183 Å². The van der Waals surface area contributed by atoms with Gasteiger partial charge in [-0.1, -0.05) is 67.9 Å². The molecule has 8 aliphatic rings. The molecule has 5 aromatic carbocycles. The van der Waals surface area contributed by atoms with Crippen LogP contribution in [0.3, 0.4) is 0 Å². The fourth-order valence-electron chi connectivity index (χ4n) is 15.7. The first-order valence-corrected chi connectivity index (χ1v) is 41.9. The molecule has 716 valence electrons. The number of aliphatic carboxylic acids is 1. The van der Waals surface area contributed by atoms with Crippen LogP contribution in [0.5, 0.6) is 46.0 Å². The normalized spacial score (nSPS) is 28.8. The second-order valence-electron chi connectivity index (χ2n) is 32.8. The molecular weight excluding hydrogens is 1810 g/mol. The fraction of sp³-hybridized carbons (Fsp3) is 0.419. The number of aliphatic hydroxyl groups is 8. The number of likely N-dealkylation sites (N-methyl/N-ethyl adjacent to an activating group) is 1. The highest BCUT2D eigenvalue weighted by atomic mass is 35.5. The van der Waals surface area contributed by atoms with E-state index in [4.69, 9.17) is 72.6 Å². The first kappa shape index (κ1) is 100. The van der Waals surface area contributed by atoms with Crippen LogP contribution in [0.15, 0.2) is 134 Å². The number of alkyl halides is 3. The van der Waals surface area contributed by atoms with E-state index >= 15 is 24.0 Å². The molecule has 14 rings (SSSR count). The van der Waals surface area contributed by atoms with Crippen LogP contribution >= 0.6 is 23.2 Å². The molecule has 3 fully saturated rings. The van der Waals surface area contributed by atoms with Gasteiger partial charge in [0.15, 0.2) is 30.1 Å². The number of nitrogens with two attached hydrogens (primary N) is 2. The molecular formula is C86H97Cl2F3N12O30.